The lowest BCUT2D eigenvalue weighted by atomic mass is 10.1. The molecule has 78 valence electrons. The van der Waals surface area contributed by atoms with Crippen molar-refractivity contribution in [2.75, 3.05) is 30.5 Å². The van der Waals surface area contributed by atoms with Crippen LogP contribution >= 0.6 is 23.4 Å². The smallest absolute Gasteiger partial charge is 0.0292 e. The molecule has 0 aliphatic heterocycles. The third-order valence-electron chi connectivity index (χ3n) is 2.59. The molecule has 0 aromatic heterocycles. The molecule has 0 unspecified atom stereocenters. The van der Waals surface area contributed by atoms with Crippen LogP contribution in [0.5, 0.6) is 0 Å². The largest absolute Gasteiger partial charge is 0.316 e. The molecule has 0 saturated heterocycles. The van der Waals surface area contributed by atoms with E-state index < -0.39 is 0 Å². The van der Waals surface area contributed by atoms with Crippen LogP contribution in [0.1, 0.15) is 26.2 Å². The number of hydrogen-bond donors (Lipinski definition) is 1. The average molecular weight is 222 g/mol. The van der Waals surface area contributed by atoms with Crippen molar-refractivity contribution in [1.82, 2.24) is 5.32 Å². The van der Waals surface area contributed by atoms with E-state index in [0.717, 1.165) is 19.0 Å². The van der Waals surface area contributed by atoms with Crippen LogP contribution in [0, 0.1) is 5.41 Å². The first kappa shape index (κ1) is 11.7. The molecular formula is C10H20ClNS. The molecule has 0 amide bonds. The lowest BCUT2D eigenvalue weighted by Crippen LogP contribution is -2.26. The van der Waals surface area contributed by atoms with Gasteiger partial charge in [0, 0.05) is 12.4 Å². The Morgan fingerprint density at radius 1 is 1.46 bits per heavy atom. The van der Waals surface area contributed by atoms with E-state index in [1.807, 2.05) is 11.8 Å². The molecule has 0 aromatic carbocycles. The molecule has 1 aliphatic rings. The van der Waals surface area contributed by atoms with E-state index in [9.17, 15) is 0 Å². The highest BCUT2D eigenvalue weighted by atomic mass is 35.5. The summed E-state index contributed by atoms with van der Waals surface area (Å²) in [7, 11) is 0. The molecule has 1 N–H and O–H groups in total. The Morgan fingerprint density at radius 3 is 2.77 bits per heavy atom. The Kier molecular flexibility index (Phi) is 5.52. The van der Waals surface area contributed by atoms with Gasteiger partial charge in [0.05, 0.1) is 0 Å². The quantitative estimate of drug-likeness (QED) is 0.500. The van der Waals surface area contributed by atoms with Crippen molar-refractivity contribution >= 4 is 23.4 Å². The third-order valence-corrected chi connectivity index (χ3v) is 4.14. The normalized spacial score (nSPS) is 18.9. The second-order valence-corrected chi connectivity index (χ2v) is 5.52. The highest BCUT2D eigenvalue weighted by Gasteiger charge is 2.40. The summed E-state index contributed by atoms with van der Waals surface area (Å²) in [6.07, 6.45) is 3.94. The van der Waals surface area contributed by atoms with Crippen LogP contribution in [-0.2, 0) is 0 Å². The van der Waals surface area contributed by atoms with E-state index in [-0.39, 0.29) is 0 Å². The zero-order chi connectivity index (χ0) is 9.57. The predicted octanol–water partition coefficient (Wildman–Crippen LogP) is 2.74. The van der Waals surface area contributed by atoms with Crippen molar-refractivity contribution in [3.05, 3.63) is 0 Å². The van der Waals surface area contributed by atoms with Gasteiger partial charge in [0.15, 0.2) is 0 Å². The molecule has 0 bridgehead atoms. The molecule has 13 heavy (non-hydrogen) atoms. The van der Waals surface area contributed by atoms with Crippen LogP contribution in [-0.4, -0.2) is 30.5 Å². The van der Waals surface area contributed by atoms with Gasteiger partial charge >= 0.3 is 0 Å². The zero-order valence-corrected chi connectivity index (χ0v) is 10.0. The first-order valence-corrected chi connectivity index (χ1v) is 6.86. The molecule has 0 heterocycles. The van der Waals surface area contributed by atoms with Crippen molar-refractivity contribution in [2.24, 2.45) is 5.41 Å². The van der Waals surface area contributed by atoms with E-state index in [0.29, 0.717) is 5.41 Å². The van der Waals surface area contributed by atoms with E-state index >= 15 is 0 Å². The Hall–Kier alpha value is 0.600. The molecule has 0 atom stereocenters. The maximum atomic E-state index is 5.87. The van der Waals surface area contributed by atoms with Crippen LogP contribution in [0.2, 0.25) is 0 Å². The summed E-state index contributed by atoms with van der Waals surface area (Å²) in [6, 6.07) is 0. The fraction of sp³-hybridized carbons (Fsp3) is 1.00. The van der Waals surface area contributed by atoms with Gasteiger partial charge in [-0.1, -0.05) is 6.92 Å². The highest BCUT2D eigenvalue weighted by molar-refractivity contribution is 7.99. The van der Waals surface area contributed by atoms with Gasteiger partial charge in [-0.2, -0.15) is 11.8 Å². The van der Waals surface area contributed by atoms with Crippen LogP contribution in [0.15, 0.2) is 0 Å². The minimum absolute atomic E-state index is 0.486. The van der Waals surface area contributed by atoms with Gasteiger partial charge in [-0.05, 0) is 42.7 Å². The number of nitrogens with one attached hydrogen (secondary N) is 1. The summed E-state index contributed by atoms with van der Waals surface area (Å²) in [5.41, 5.74) is 0.486. The second-order valence-electron chi connectivity index (χ2n) is 3.86. The minimum Gasteiger partial charge on any atom is -0.316 e. The van der Waals surface area contributed by atoms with Crippen LogP contribution in [0.4, 0.5) is 0 Å². The summed E-state index contributed by atoms with van der Waals surface area (Å²) in [5.74, 6) is 3.37. The number of alkyl halides is 1. The average Bonchev–Trinajstić information content (AvgIpc) is 2.92. The van der Waals surface area contributed by atoms with E-state index in [1.54, 1.807) is 0 Å². The van der Waals surface area contributed by atoms with Crippen molar-refractivity contribution in [3.8, 4) is 0 Å². The highest BCUT2D eigenvalue weighted by Crippen LogP contribution is 2.45. The Morgan fingerprint density at radius 2 is 2.23 bits per heavy atom. The number of rotatable bonds is 8. The number of thioether (sulfide) groups is 1. The number of hydrogen-bond acceptors (Lipinski definition) is 2. The monoisotopic (exact) mass is 221 g/mol. The van der Waals surface area contributed by atoms with Gasteiger partial charge < -0.3 is 5.32 Å². The topological polar surface area (TPSA) is 12.0 Å². The maximum Gasteiger partial charge on any atom is 0.0292 e. The molecule has 1 rings (SSSR count). The van der Waals surface area contributed by atoms with Gasteiger partial charge in [-0.15, -0.1) is 11.6 Å². The van der Waals surface area contributed by atoms with Gasteiger partial charge in [0.2, 0.25) is 0 Å². The molecule has 1 aliphatic carbocycles. The van der Waals surface area contributed by atoms with Gasteiger partial charge in [0.1, 0.15) is 0 Å². The van der Waals surface area contributed by atoms with Crippen molar-refractivity contribution in [2.45, 2.75) is 26.2 Å². The minimum atomic E-state index is 0.486. The molecule has 0 aromatic rings. The van der Waals surface area contributed by atoms with Gasteiger partial charge in [-0.3, -0.25) is 0 Å². The van der Waals surface area contributed by atoms with Gasteiger partial charge in [0.25, 0.3) is 0 Å². The fourth-order valence-electron chi connectivity index (χ4n) is 1.33. The fourth-order valence-corrected chi connectivity index (χ4v) is 2.33. The van der Waals surface area contributed by atoms with E-state index in [2.05, 4.69) is 12.2 Å². The molecule has 1 fully saturated rings. The van der Waals surface area contributed by atoms with Crippen molar-refractivity contribution in [3.63, 3.8) is 0 Å². The SMILES string of the molecule is CCSCCCNCC1(CCl)CC1. The molecule has 3 heteroatoms. The van der Waals surface area contributed by atoms with Crippen molar-refractivity contribution in [1.29, 1.82) is 0 Å². The summed E-state index contributed by atoms with van der Waals surface area (Å²) in [4.78, 5) is 0. The van der Waals surface area contributed by atoms with Crippen LogP contribution in [0.25, 0.3) is 0 Å². The number of halogens is 1. The lowest BCUT2D eigenvalue weighted by molar-refractivity contribution is 0.505. The Labute approximate surface area is 91.0 Å². The van der Waals surface area contributed by atoms with E-state index in [1.165, 1.54) is 30.8 Å². The summed E-state index contributed by atoms with van der Waals surface area (Å²) in [6.45, 7) is 4.50. The third kappa shape index (κ3) is 4.57. The summed E-state index contributed by atoms with van der Waals surface area (Å²) in [5, 5.41) is 3.50. The van der Waals surface area contributed by atoms with Gasteiger partial charge in [-0.25, -0.2) is 0 Å². The molecule has 0 radical (unpaired) electrons. The van der Waals surface area contributed by atoms with Crippen LogP contribution in [0.3, 0.4) is 0 Å². The molecule has 1 saturated carbocycles. The second kappa shape index (κ2) is 6.15. The Balaban J connectivity index is 1.84. The molecule has 1 nitrogen and oxygen atoms in total. The lowest BCUT2D eigenvalue weighted by Gasteiger charge is -2.11. The maximum absolute atomic E-state index is 5.87. The summed E-state index contributed by atoms with van der Waals surface area (Å²) < 4.78 is 0. The predicted molar refractivity (Wildman–Crippen MR) is 62.9 cm³/mol. The molecule has 0 spiro atoms. The van der Waals surface area contributed by atoms with Crippen LogP contribution < -0.4 is 5.32 Å². The Bertz CT molecular complexity index is 137. The molecular weight excluding hydrogens is 202 g/mol. The first-order valence-electron chi connectivity index (χ1n) is 5.17. The first-order chi connectivity index (χ1) is 6.33. The summed E-state index contributed by atoms with van der Waals surface area (Å²) >= 11 is 7.90. The zero-order valence-electron chi connectivity index (χ0n) is 8.44. The van der Waals surface area contributed by atoms with Crippen molar-refractivity contribution < 1.29 is 0 Å². The van der Waals surface area contributed by atoms with E-state index in [4.69, 9.17) is 11.6 Å². The standard InChI is InChI=1S/C10H20ClNS/c1-2-13-7-3-6-12-9-10(8-11)4-5-10/h12H,2-9H2,1H3.